The first-order chi connectivity index (χ1) is 7.01. The topological polar surface area (TPSA) is 38.3 Å². The van der Waals surface area contributed by atoms with Gasteiger partial charge in [0.05, 0.1) is 10.6 Å². The number of carbonyl (C=O) groups is 1. The van der Waals surface area contributed by atoms with E-state index >= 15 is 0 Å². The van der Waals surface area contributed by atoms with Crippen molar-refractivity contribution in [2.75, 3.05) is 6.61 Å². The predicted octanol–water partition coefficient (Wildman–Crippen LogP) is 2.43. The number of benzene rings is 1. The molecular weight excluding hydrogens is 221 g/mol. The van der Waals surface area contributed by atoms with Gasteiger partial charge in [-0.25, -0.2) is 9.18 Å². The van der Waals surface area contributed by atoms with E-state index in [1.165, 1.54) is 12.1 Å². The van der Waals surface area contributed by atoms with Gasteiger partial charge in [-0.3, -0.25) is 0 Å². The predicted molar refractivity (Wildman–Crippen MR) is 53.2 cm³/mol. The molecule has 0 spiro atoms. The lowest BCUT2D eigenvalue weighted by atomic mass is 9.94. The average Bonchev–Trinajstić information content (AvgIpc) is 2.52. The van der Waals surface area contributed by atoms with E-state index in [2.05, 4.69) is 5.32 Å². The number of cyclic esters (lactones) is 1. The van der Waals surface area contributed by atoms with Crippen molar-refractivity contribution in [1.29, 1.82) is 0 Å². The molecular formula is C10H9ClFNO2. The minimum absolute atomic E-state index is 0.0369. The van der Waals surface area contributed by atoms with Crippen LogP contribution in [0.5, 0.6) is 0 Å². The highest BCUT2D eigenvalue weighted by Gasteiger charge is 2.36. The van der Waals surface area contributed by atoms with Crippen LogP contribution in [-0.4, -0.2) is 12.7 Å². The summed E-state index contributed by atoms with van der Waals surface area (Å²) in [5.41, 5.74) is 0.0915. The van der Waals surface area contributed by atoms with Gasteiger partial charge in [-0.15, -0.1) is 0 Å². The fourth-order valence-corrected chi connectivity index (χ4v) is 1.68. The molecule has 0 aliphatic carbocycles. The van der Waals surface area contributed by atoms with Crippen LogP contribution in [0.15, 0.2) is 18.2 Å². The van der Waals surface area contributed by atoms with Crippen LogP contribution >= 0.6 is 11.6 Å². The van der Waals surface area contributed by atoms with Crippen LogP contribution in [0, 0.1) is 5.82 Å². The Hall–Kier alpha value is -1.29. The summed E-state index contributed by atoms with van der Waals surface area (Å²) in [5.74, 6) is -0.478. The van der Waals surface area contributed by atoms with Gasteiger partial charge in [0.1, 0.15) is 12.4 Å². The SMILES string of the molecule is CC1(c2ccc(F)c(Cl)c2)COC(=O)N1. The molecule has 80 valence electrons. The van der Waals surface area contributed by atoms with Crippen molar-refractivity contribution in [3.63, 3.8) is 0 Å². The molecule has 1 N–H and O–H groups in total. The monoisotopic (exact) mass is 229 g/mol. The second kappa shape index (κ2) is 3.38. The van der Waals surface area contributed by atoms with Gasteiger partial charge in [0.25, 0.3) is 0 Å². The molecule has 15 heavy (non-hydrogen) atoms. The Morgan fingerprint density at radius 3 is 2.87 bits per heavy atom. The molecule has 0 saturated carbocycles. The maximum absolute atomic E-state index is 12.9. The molecule has 1 saturated heterocycles. The Morgan fingerprint density at radius 1 is 1.60 bits per heavy atom. The van der Waals surface area contributed by atoms with E-state index in [-0.39, 0.29) is 11.6 Å². The van der Waals surface area contributed by atoms with Crippen LogP contribution in [0.1, 0.15) is 12.5 Å². The third-order valence-corrected chi connectivity index (χ3v) is 2.72. The van der Waals surface area contributed by atoms with Gasteiger partial charge < -0.3 is 10.1 Å². The van der Waals surface area contributed by atoms with Crippen LogP contribution in [0.2, 0.25) is 5.02 Å². The molecule has 1 aromatic carbocycles. The van der Waals surface area contributed by atoms with Gasteiger partial charge in [0.2, 0.25) is 0 Å². The summed E-state index contributed by atoms with van der Waals surface area (Å²) in [7, 11) is 0. The molecule has 3 nitrogen and oxygen atoms in total. The molecule has 1 atom stereocenters. The van der Waals surface area contributed by atoms with Gasteiger partial charge >= 0.3 is 6.09 Å². The molecule has 2 rings (SSSR count). The first-order valence-corrected chi connectivity index (χ1v) is 4.79. The molecule has 0 radical (unpaired) electrons. The lowest BCUT2D eigenvalue weighted by molar-refractivity contribution is 0.173. The molecule has 0 aromatic heterocycles. The Balaban J connectivity index is 2.37. The number of alkyl carbamates (subject to hydrolysis) is 1. The average molecular weight is 230 g/mol. The molecule has 1 heterocycles. The zero-order valence-corrected chi connectivity index (χ0v) is 8.77. The van der Waals surface area contributed by atoms with Crippen LogP contribution < -0.4 is 5.32 Å². The highest BCUT2D eigenvalue weighted by atomic mass is 35.5. The summed E-state index contributed by atoms with van der Waals surface area (Å²) in [6.45, 7) is 2.01. The van der Waals surface area contributed by atoms with Gasteiger partial charge in [-0.05, 0) is 24.6 Å². The van der Waals surface area contributed by atoms with E-state index in [1.54, 1.807) is 13.0 Å². The van der Waals surface area contributed by atoms with E-state index in [0.717, 1.165) is 5.56 Å². The Bertz CT molecular complexity index is 424. The summed E-state index contributed by atoms with van der Waals surface area (Å²) in [4.78, 5) is 10.9. The number of halogens is 2. The van der Waals surface area contributed by atoms with Crippen LogP contribution in [0.3, 0.4) is 0 Å². The largest absolute Gasteiger partial charge is 0.447 e. The molecule has 1 amide bonds. The van der Waals surface area contributed by atoms with Crippen molar-refractivity contribution in [1.82, 2.24) is 5.32 Å². The minimum Gasteiger partial charge on any atom is -0.447 e. The molecule has 1 unspecified atom stereocenters. The summed E-state index contributed by atoms with van der Waals surface area (Å²) in [5, 5.41) is 2.69. The van der Waals surface area contributed by atoms with Crippen molar-refractivity contribution in [2.45, 2.75) is 12.5 Å². The number of ether oxygens (including phenoxy) is 1. The van der Waals surface area contributed by atoms with Crippen LogP contribution in [-0.2, 0) is 10.3 Å². The number of nitrogens with one attached hydrogen (secondary N) is 1. The van der Waals surface area contributed by atoms with Gasteiger partial charge in [0.15, 0.2) is 0 Å². The van der Waals surface area contributed by atoms with E-state index in [1.807, 2.05) is 0 Å². The van der Waals surface area contributed by atoms with E-state index in [0.29, 0.717) is 0 Å². The Morgan fingerprint density at radius 2 is 2.33 bits per heavy atom. The van der Waals surface area contributed by atoms with E-state index < -0.39 is 17.4 Å². The normalized spacial score (nSPS) is 24.9. The maximum atomic E-state index is 12.9. The Labute approximate surface area is 91.2 Å². The molecule has 1 aliphatic heterocycles. The molecule has 0 bridgehead atoms. The fraction of sp³-hybridized carbons (Fsp3) is 0.300. The van der Waals surface area contributed by atoms with Gasteiger partial charge in [-0.1, -0.05) is 17.7 Å². The van der Waals surface area contributed by atoms with E-state index in [9.17, 15) is 9.18 Å². The zero-order chi connectivity index (χ0) is 11.1. The first kappa shape index (κ1) is 10.2. The number of hydrogen-bond acceptors (Lipinski definition) is 2. The minimum atomic E-state index is -0.631. The highest BCUT2D eigenvalue weighted by Crippen LogP contribution is 2.28. The molecule has 1 aliphatic rings. The molecule has 1 fully saturated rings. The first-order valence-electron chi connectivity index (χ1n) is 4.42. The maximum Gasteiger partial charge on any atom is 0.408 e. The fourth-order valence-electron chi connectivity index (χ4n) is 1.50. The smallest absolute Gasteiger partial charge is 0.408 e. The Kier molecular flexibility index (Phi) is 2.31. The lowest BCUT2D eigenvalue weighted by Crippen LogP contribution is -2.37. The van der Waals surface area contributed by atoms with Crippen molar-refractivity contribution in [2.24, 2.45) is 0 Å². The number of hydrogen-bond donors (Lipinski definition) is 1. The quantitative estimate of drug-likeness (QED) is 0.803. The van der Waals surface area contributed by atoms with E-state index in [4.69, 9.17) is 16.3 Å². The van der Waals surface area contributed by atoms with Gasteiger partial charge in [0, 0.05) is 0 Å². The zero-order valence-electron chi connectivity index (χ0n) is 8.01. The van der Waals surface area contributed by atoms with Crippen molar-refractivity contribution in [3.8, 4) is 0 Å². The summed E-state index contributed by atoms with van der Waals surface area (Å²) < 4.78 is 17.7. The third kappa shape index (κ3) is 1.77. The van der Waals surface area contributed by atoms with Crippen LogP contribution in [0.25, 0.3) is 0 Å². The molecule has 1 aromatic rings. The standard InChI is InChI=1S/C10H9ClFNO2/c1-10(5-15-9(14)13-10)6-2-3-8(12)7(11)4-6/h2-4H,5H2,1H3,(H,13,14). The van der Waals surface area contributed by atoms with Crippen LogP contribution in [0.4, 0.5) is 9.18 Å². The van der Waals surface area contributed by atoms with Gasteiger partial charge in [-0.2, -0.15) is 0 Å². The number of amides is 1. The molecule has 5 heteroatoms. The second-order valence-corrected chi connectivity index (χ2v) is 4.07. The van der Waals surface area contributed by atoms with Crippen molar-refractivity contribution >= 4 is 17.7 Å². The van der Waals surface area contributed by atoms with Crippen molar-refractivity contribution in [3.05, 3.63) is 34.6 Å². The summed E-state index contributed by atoms with van der Waals surface area (Å²) in [6.07, 6.45) is -0.474. The number of carbonyl (C=O) groups excluding carboxylic acids is 1. The highest BCUT2D eigenvalue weighted by molar-refractivity contribution is 6.30. The summed E-state index contributed by atoms with van der Waals surface area (Å²) in [6, 6.07) is 4.34. The number of rotatable bonds is 1. The van der Waals surface area contributed by atoms with Crippen molar-refractivity contribution < 1.29 is 13.9 Å². The third-order valence-electron chi connectivity index (χ3n) is 2.43. The lowest BCUT2D eigenvalue weighted by Gasteiger charge is -2.21. The summed E-state index contributed by atoms with van der Waals surface area (Å²) >= 11 is 5.66. The second-order valence-electron chi connectivity index (χ2n) is 3.66.